The van der Waals surface area contributed by atoms with Gasteiger partial charge in [0.1, 0.15) is 11.1 Å². The van der Waals surface area contributed by atoms with E-state index in [9.17, 15) is 14.4 Å². The predicted octanol–water partition coefficient (Wildman–Crippen LogP) is 8.61. The van der Waals surface area contributed by atoms with E-state index in [0.717, 1.165) is 17.6 Å². The minimum absolute atomic E-state index is 0.0358. The summed E-state index contributed by atoms with van der Waals surface area (Å²) in [6.45, 7) is 6.37. The van der Waals surface area contributed by atoms with Crippen LogP contribution in [0.25, 0.3) is 44.7 Å². The Morgan fingerprint density at radius 3 is 2.02 bits per heavy atom. The molecule has 0 aliphatic carbocycles. The molecule has 7 rings (SSSR count). The van der Waals surface area contributed by atoms with E-state index in [1.807, 2.05) is 88.5 Å². The van der Waals surface area contributed by atoms with Crippen LogP contribution in [-0.4, -0.2) is 81.2 Å². The highest BCUT2D eigenvalue weighted by atomic mass is 35.5. The molecule has 0 saturated carbocycles. The van der Waals surface area contributed by atoms with Gasteiger partial charge in [-0.3, -0.25) is 14.5 Å². The predicted molar refractivity (Wildman–Crippen MR) is 222 cm³/mol. The molecule has 5 aromatic rings. The SMILES string of the molecule is COc1nc(-c2cccc(-c3cccc(-c4ccc5[nH]c(CN(C)[C@H]6CCC(=O)N6)c(Cl)c5n4)c3Cl)c2Cl)ccc1CN(C[C@@H]1CCC(=O)N1)C(=O)OC(C)(C)C. The van der Waals surface area contributed by atoms with Gasteiger partial charge in [0.15, 0.2) is 0 Å². The average molecular weight is 833 g/mol. The van der Waals surface area contributed by atoms with Gasteiger partial charge in [-0.1, -0.05) is 71.2 Å². The number of hydrogen-bond donors (Lipinski definition) is 3. The van der Waals surface area contributed by atoms with Gasteiger partial charge in [-0.25, -0.2) is 14.8 Å². The zero-order chi connectivity index (χ0) is 40.6. The molecular weight excluding hydrogens is 789 g/mol. The van der Waals surface area contributed by atoms with Gasteiger partial charge in [0.2, 0.25) is 17.7 Å². The maximum Gasteiger partial charge on any atom is 0.410 e. The van der Waals surface area contributed by atoms with Crippen molar-refractivity contribution in [3.05, 3.63) is 87.0 Å². The molecule has 0 unspecified atom stereocenters. The summed E-state index contributed by atoms with van der Waals surface area (Å²) in [6, 6.07) is 18.7. The molecule has 57 heavy (non-hydrogen) atoms. The Hall–Kier alpha value is -4.88. The van der Waals surface area contributed by atoms with Crippen molar-refractivity contribution >= 4 is 63.7 Å². The first-order chi connectivity index (χ1) is 27.2. The Labute approximate surface area is 346 Å². The van der Waals surface area contributed by atoms with Crippen LogP contribution in [-0.2, 0) is 27.4 Å². The number of nitrogens with one attached hydrogen (secondary N) is 3. The van der Waals surface area contributed by atoms with Crippen LogP contribution < -0.4 is 15.4 Å². The molecule has 2 aliphatic rings. The monoisotopic (exact) mass is 831 g/mol. The van der Waals surface area contributed by atoms with E-state index >= 15 is 0 Å². The number of fused-ring (bicyclic) bond motifs is 1. The molecular formula is C42H44Cl3N7O5. The summed E-state index contributed by atoms with van der Waals surface area (Å²) in [4.78, 5) is 53.8. The quantitative estimate of drug-likeness (QED) is 0.120. The van der Waals surface area contributed by atoms with Crippen molar-refractivity contribution in [3.8, 4) is 39.5 Å². The second kappa shape index (κ2) is 16.5. The second-order valence-corrected chi connectivity index (χ2v) is 16.5. The minimum Gasteiger partial charge on any atom is -0.481 e. The molecule has 2 aliphatic heterocycles. The van der Waals surface area contributed by atoms with E-state index in [0.29, 0.717) is 91.5 Å². The van der Waals surface area contributed by atoms with Gasteiger partial charge >= 0.3 is 6.09 Å². The van der Waals surface area contributed by atoms with E-state index in [2.05, 4.69) is 20.5 Å². The number of carbonyl (C=O) groups excluding carboxylic acids is 3. The first kappa shape index (κ1) is 40.3. The van der Waals surface area contributed by atoms with Gasteiger partial charge < -0.3 is 30.0 Å². The van der Waals surface area contributed by atoms with Crippen LogP contribution in [0.3, 0.4) is 0 Å². The minimum atomic E-state index is -0.705. The Morgan fingerprint density at radius 2 is 1.42 bits per heavy atom. The molecule has 2 atom stereocenters. The molecule has 298 valence electrons. The summed E-state index contributed by atoms with van der Waals surface area (Å²) in [5, 5.41) is 7.34. The number of H-pyrrole nitrogens is 1. The standard InChI is InChI=1S/C42H44Cl3N7O5/c1-42(2,3)57-41(55)52(21-24-13-18-34(53)46-24)20-23-12-14-30(49-40(23)56-5)28-11-7-9-26(37(28)44)25-8-6-10-27(36(25)43)29-15-16-31-39(48-29)38(45)32(47-31)22-51(4)33-17-19-35(54)50-33/h6-12,14-16,24,33,47H,13,17-22H2,1-5H3,(H,46,53)(H,50,54)/t24-,33-/m0/s1. The number of nitrogens with zero attached hydrogens (tertiary/aromatic N) is 4. The molecule has 12 nitrogen and oxygen atoms in total. The number of amides is 3. The lowest BCUT2D eigenvalue weighted by atomic mass is 9.98. The summed E-state index contributed by atoms with van der Waals surface area (Å²) in [6.07, 6.45) is 1.75. The number of aromatic nitrogens is 3. The van der Waals surface area contributed by atoms with E-state index in [1.165, 1.54) is 7.11 Å². The van der Waals surface area contributed by atoms with Crippen molar-refractivity contribution in [1.82, 2.24) is 35.4 Å². The van der Waals surface area contributed by atoms with Gasteiger partial charge in [0.25, 0.3) is 0 Å². The van der Waals surface area contributed by atoms with E-state index in [1.54, 1.807) is 4.90 Å². The van der Waals surface area contributed by atoms with Crippen LogP contribution in [0.4, 0.5) is 4.79 Å². The van der Waals surface area contributed by atoms with Gasteiger partial charge in [-0.05, 0) is 64.9 Å². The van der Waals surface area contributed by atoms with Crippen molar-refractivity contribution in [2.45, 2.75) is 77.4 Å². The van der Waals surface area contributed by atoms with Gasteiger partial charge in [-0.15, -0.1) is 0 Å². The summed E-state index contributed by atoms with van der Waals surface area (Å²) in [7, 11) is 3.48. The van der Waals surface area contributed by atoms with Crippen LogP contribution in [0.15, 0.2) is 60.7 Å². The maximum atomic E-state index is 13.3. The van der Waals surface area contributed by atoms with E-state index in [-0.39, 0.29) is 37.1 Å². The summed E-state index contributed by atoms with van der Waals surface area (Å²) >= 11 is 21.2. The molecule has 3 N–H and O–H groups in total. The average Bonchev–Trinajstić information content (AvgIpc) is 3.88. The highest BCUT2D eigenvalue weighted by Gasteiger charge is 2.30. The van der Waals surface area contributed by atoms with Crippen LogP contribution in [0, 0.1) is 0 Å². The van der Waals surface area contributed by atoms with Crippen molar-refractivity contribution in [2.24, 2.45) is 0 Å². The molecule has 15 heteroatoms. The normalized spacial score (nSPS) is 16.9. The lowest BCUT2D eigenvalue weighted by molar-refractivity contribution is -0.120. The molecule has 0 radical (unpaired) electrons. The van der Waals surface area contributed by atoms with Crippen molar-refractivity contribution in [3.63, 3.8) is 0 Å². The fourth-order valence-corrected chi connectivity index (χ4v) is 8.14. The number of rotatable bonds is 11. The number of carbonyl (C=O) groups is 3. The van der Waals surface area contributed by atoms with Gasteiger partial charge in [0, 0.05) is 59.8 Å². The number of halogens is 3. The number of methoxy groups -OCH3 is 1. The highest BCUT2D eigenvalue weighted by Crippen LogP contribution is 2.43. The molecule has 2 aromatic carbocycles. The third-order valence-electron chi connectivity index (χ3n) is 10.1. The van der Waals surface area contributed by atoms with E-state index in [4.69, 9.17) is 54.2 Å². The molecule has 2 fully saturated rings. The van der Waals surface area contributed by atoms with Gasteiger partial charge in [0.05, 0.1) is 57.5 Å². The Balaban J connectivity index is 1.15. The summed E-state index contributed by atoms with van der Waals surface area (Å²) in [5.74, 6) is 0.336. The van der Waals surface area contributed by atoms with Crippen molar-refractivity contribution < 1.29 is 23.9 Å². The molecule has 3 aromatic heterocycles. The molecule has 0 spiro atoms. The number of benzene rings is 2. The molecule has 5 heterocycles. The van der Waals surface area contributed by atoms with Crippen LogP contribution in [0.2, 0.25) is 15.1 Å². The number of aromatic amines is 1. The van der Waals surface area contributed by atoms with Crippen molar-refractivity contribution in [2.75, 3.05) is 20.7 Å². The molecule has 0 bridgehead atoms. The number of hydrogen-bond acceptors (Lipinski definition) is 8. The second-order valence-electron chi connectivity index (χ2n) is 15.4. The van der Waals surface area contributed by atoms with Gasteiger partial charge in [-0.2, -0.15) is 0 Å². The van der Waals surface area contributed by atoms with E-state index < -0.39 is 11.7 Å². The third-order valence-corrected chi connectivity index (χ3v) is 11.3. The zero-order valence-corrected chi connectivity index (χ0v) is 34.6. The Bertz CT molecular complexity index is 2360. The lowest BCUT2D eigenvalue weighted by Crippen LogP contribution is -2.43. The Morgan fingerprint density at radius 1 is 0.807 bits per heavy atom. The fourth-order valence-electron chi connectivity index (χ4n) is 7.24. The largest absolute Gasteiger partial charge is 0.481 e. The molecule has 3 amide bonds. The maximum absolute atomic E-state index is 13.3. The Kier molecular flexibility index (Phi) is 11.7. The first-order valence-corrected chi connectivity index (χ1v) is 19.9. The fraction of sp³-hybridized carbons (Fsp3) is 0.357. The molecule has 2 saturated heterocycles. The zero-order valence-electron chi connectivity index (χ0n) is 32.3. The number of ether oxygens (including phenoxy) is 2. The highest BCUT2D eigenvalue weighted by molar-refractivity contribution is 6.39. The smallest absolute Gasteiger partial charge is 0.410 e. The first-order valence-electron chi connectivity index (χ1n) is 18.7. The summed E-state index contributed by atoms with van der Waals surface area (Å²) < 4.78 is 11.5. The third kappa shape index (κ3) is 8.84. The van der Waals surface area contributed by atoms with Crippen LogP contribution >= 0.6 is 34.8 Å². The lowest BCUT2D eigenvalue weighted by Gasteiger charge is -2.29. The number of pyridine rings is 2. The van der Waals surface area contributed by atoms with Crippen LogP contribution in [0.5, 0.6) is 5.88 Å². The van der Waals surface area contributed by atoms with Crippen LogP contribution in [0.1, 0.15) is 57.7 Å². The van der Waals surface area contributed by atoms with Crippen molar-refractivity contribution in [1.29, 1.82) is 0 Å². The topological polar surface area (TPSA) is 142 Å². The summed E-state index contributed by atoms with van der Waals surface area (Å²) in [5.41, 5.74) is 6.15.